The molecule has 0 heterocycles. The van der Waals surface area contributed by atoms with Crippen molar-refractivity contribution in [2.45, 2.75) is 37.0 Å². The van der Waals surface area contributed by atoms with Gasteiger partial charge in [-0.1, -0.05) is 29.8 Å². The largest absolute Gasteiger partial charge is 0.469 e. The minimum atomic E-state index is -4.68. The Labute approximate surface area is 126 Å². The molecule has 3 atom stereocenters. The van der Waals surface area contributed by atoms with Gasteiger partial charge in [0.05, 0.1) is 13.0 Å². The molecule has 122 valence electrons. The number of alkyl halides is 3. The van der Waals surface area contributed by atoms with Crippen molar-refractivity contribution in [3.8, 4) is 0 Å². The van der Waals surface area contributed by atoms with E-state index in [9.17, 15) is 18.0 Å². The molecule has 1 aliphatic carbocycles. The van der Waals surface area contributed by atoms with Crippen molar-refractivity contribution in [1.29, 1.82) is 0 Å². The molecule has 3 unspecified atom stereocenters. The monoisotopic (exact) mass is 316 g/mol. The molecule has 0 bridgehead atoms. The van der Waals surface area contributed by atoms with Gasteiger partial charge in [-0.3, -0.25) is 4.79 Å². The smallest absolute Gasteiger partial charge is 0.410 e. The van der Waals surface area contributed by atoms with Crippen LogP contribution in [0.2, 0.25) is 0 Å². The maximum Gasteiger partial charge on any atom is 0.410 e. The zero-order chi connectivity index (χ0) is 16.8. The SMILES string of the molecule is COC(=O)C1CC1(N)CC(N)(c1ccc(C)cc1)C(F)(F)F. The van der Waals surface area contributed by atoms with Crippen LogP contribution in [0.15, 0.2) is 24.3 Å². The third-order valence-electron chi connectivity index (χ3n) is 4.28. The second kappa shape index (κ2) is 5.24. The van der Waals surface area contributed by atoms with Gasteiger partial charge in [0.1, 0.15) is 5.54 Å². The summed E-state index contributed by atoms with van der Waals surface area (Å²) in [5, 5.41) is 0. The molecule has 0 spiro atoms. The average molecular weight is 316 g/mol. The fourth-order valence-corrected chi connectivity index (χ4v) is 2.71. The minimum absolute atomic E-state index is 0.0639. The number of nitrogens with two attached hydrogens (primary N) is 2. The van der Waals surface area contributed by atoms with Crippen molar-refractivity contribution in [2.24, 2.45) is 17.4 Å². The van der Waals surface area contributed by atoms with Crippen LogP contribution in [-0.2, 0) is 15.1 Å². The highest BCUT2D eigenvalue weighted by Gasteiger charge is 2.64. The number of aryl methyl sites for hydroxylation is 1. The zero-order valence-electron chi connectivity index (χ0n) is 12.4. The second-order valence-electron chi connectivity index (χ2n) is 6.02. The lowest BCUT2D eigenvalue weighted by atomic mass is 9.82. The molecule has 0 amide bonds. The lowest BCUT2D eigenvalue weighted by molar-refractivity contribution is -0.194. The predicted molar refractivity (Wildman–Crippen MR) is 74.8 cm³/mol. The standard InChI is InChI=1S/C15H19F3N2O2/c1-9-3-5-10(6-4-9)14(20,15(16,17)18)8-13(19)7-11(13)12(21)22-2/h3-6,11H,7-8,19-20H2,1-2H3. The van der Waals surface area contributed by atoms with E-state index >= 15 is 0 Å². The molecule has 1 aromatic rings. The number of hydrogen-bond donors (Lipinski definition) is 2. The van der Waals surface area contributed by atoms with E-state index in [1.165, 1.54) is 19.2 Å². The van der Waals surface area contributed by atoms with E-state index in [2.05, 4.69) is 4.74 Å². The van der Waals surface area contributed by atoms with Crippen LogP contribution in [0.25, 0.3) is 0 Å². The van der Waals surface area contributed by atoms with Gasteiger partial charge in [-0.05, 0) is 25.3 Å². The maximum atomic E-state index is 13.6. The van der Waals surface area contributed by atoms with Crippen LogP contribution in [0.3, 0.4) is 0 Å². The Morgan fingerprint density at radius 2 is 1.91 bits per heavy atom. The molecule has 0 saturated heterocycles. The van der Waals surface area contributed by atoms with Crippen molar-refractivity contribution >= 4 is 5.97 Å². The van der Waals surface area contributed by atoms with Crippen molar-refractivity contribution in [2.75, 3.05) is 7.11 Å². The molecule has 4 nitrogen and oxygen atoms in total. The summed E-state index contributed by atoms with van der Waals surface area (Å²) in [5.41, 5.74) is 8.53. The van der Waals surface area contributed by atoms with Gasteiger partial charge in [-0.25, -0.2) is 0 Å². The van der Waals surface area contributed by atoms with Crippen molar-refractivity contribution in [1.82, 2.24) is 0 Å². The molecule has 0 aliphatic heterocycles. The quantitative estimate of drug-likeness (QED) is 0.833. The van der Waals surface area contributed by atoms with Crippen LogP contribution < -0.4 is 11.5 Å². The topological polar surface area (TPSA) is 78.3 Å². The summed E-state index contributed by atoms with van der Waals surface area (Å²) < 4.78 is 45.2. The zero-order valence-corrected chi connectivity index (χ0v) is 12.4. The fourth-order valence-electron chi connectivity index (χ4n) is 2.71. The first-order chi connectivity index (χ1) is 10.0. The molecule has 1 fully saturated rings. The molecule has 1 aliphatic rings. The van der Waals surface area contributed by atoms with E-state index in [1.807, 2.05) is 0 Å². The summed E-state index contributed by atoms with van der Waals surface area (Å²) >= 11 is 0. The number of benzene rings is 1. The lowest BCUT2D eigenvalue weighted by Gasteiger charge is -2.35. The van der Waals surface area contributed by atoms with Gasteiger partial charge in [0, 0.05) is 5.54 Å². The number of ether oxygens (including phenoxy) is 1. The first kappa shape index (κ1) is 16.8. The molecule has 1 aromatic carbocycles. The summed E-state index contributed by atoms with van der Waals surface area (Å²) in [5.74, 6) is -1.34. The van der Waals surface area contributed by atoms with Crippen LogP contribution in [0.5, 0.6) is 0 Å². The van der Waals surface area contributed by atoms with E-state index in [4.69, 9.17) is 11.5 Å². The molecular formula is C15H19F3N2O2. The third kappa shape index (κ3) is 2.83. The highest BCUT2D eigenvalue weighted by Crippen LogP contribution is 2.52. The van der Waals surface area contributed by atoms with Gasteiger partial charge >= 0.3 is 12.1 Å². The van der Waals surface area contributed by atoms with Crippen molar-refractivity contribution < 1.29 is 22.7 Å². The van der Waals surface area contributed by atoms with E-state index in [-0.39, 0.29) is 12.0 Å². The number of halogens is 3. The number of carbonyl (C=O) groups is 1. The summed E-state index contributed by atoms with van der Waals surface area (Å²) in [6.45, 7) is 1.77. The van der Waals surface area contributed by atoms with Crippen LogP contribution in [0.4, 0.5) is 13.2 Å². The van der Waals surface area contributed by atoms with Crippen LogP contribution >= 0.6 is 0 Å². The highest BCUT2D eigenvalue weighted by atomic mass is 19.4. The minimum Gasteiger partial charge on any atom is -0.469 e. The number of carbonyl (C=O) groups excluding carboxylic acids is 1. The molecule has 0 aromatic heterocycles. The Bertz CT molecular complexity index is 573. The first-order valence-corrected chi connectivity index (χ1v) is 6.83. The lowest BCUT2D eigenvalue weighted by Crippen LogP contribution is -2.55. The summed E-state index contributed by atoms with van der Waals surface area (Å²) in [7, 11) is 1.18. The van der Waals surface area contributed by atoms with Crippen LogP contribution in [0, 0.1) is 12.8 Å². The van der Waals surface area contributed by atoms with Crippen molar-refractivity contribution in [3.63, 3.8) is 0 Å². The third-order valence-corrected chi connectivity index (χ3v) is 4.28. The predicted octanol–water partition coefficient (Wildman–Crippen LogP) is 1.99. The number of esters is 1. The summed E-state index contributed by atoms with van der Waals surface area (Å²) in [6, 6.07) is 5.83. The molecule has 1 saturated carbocycles. The molecule has 7 heteroatoms. The fraction of sp³-hybridized carbons (Fsp3) is 0.533. The Balaban J connectivity index is 2.32. The molecule has 0 radical (unpaired) electrons. The van der Waals surface area contributed by atoms with Gasteiger partial charge < -0.3 is 16.2 Å². The van der Waals surface area contributed by atoms with E-state index < -0.39 is 35.6 Å². The van der Waals surface area contributed by atoms with E-state index in [1.54, 1.807) is 19.1 Å². The van der Waals surface area contributed by atoms with Gasteiger partial charge in [0.2, 0.25) is 0 Å². The van der Waals surface area contributed by atoms with E-state index in [0.29, 0.717) is 0 Å². The van der Waals surface area contributed by atoms with E-state index in [0.717, 1.165) is 5.56 Å². The Morgan fingerprint density at radius 3 is 2.36 bits per heavy atom. The summed E-state index contributed by atoms with van der Waals surface area (Å²) in [6.07, 6.45) is -5.11. The molecule has 4 N–H and O–H groups in total. The molecule has 22 heavy (non-hydrogen) atoms. The van der Waals surface area contributed by atoms with Gasteiger partial charge in [-0.2, -0.15) is 13.2 Å². The highest BCUT2D eigenvalue weighted by molar-refractivity contribution is 5.78. The average Bonchev–Trinajstić information content (AvgIpc) is 3.08. The molecule has 2 rings (SSSR count). The second-order valence-corrected chi connectivity index (χ2v) is 6.02. The maximum absolute atomic E-state index is 13.6. The molecular weight excluding hydrogens is 297 g/mol. The number of methoxy groups -OCH3 is 1. The van der Waals surface area contributed by atoms with Gasteiger partial charge in [-0.15, -0.1) is 0 Å². The summed E-state index contributed by atoms with van der Waals surface area (Å²) in [4.78, 5) is 11.5. The van der Waals surface area contributed by atoms with Crippen LogP contribution in [-0.4, -0.2) is 24.8 Å². The number of rotatable bonds is 4. The van der Waals surface area contributed by atoms with Crippen LogP contribution in [0.1, 0.15) is 24.0 Å². The Kier molecular flexibility index (Phi) is 3.99. The Hall–Kier alpha value is -1.60. The van der Waals surface area contributed by atoms with Gasteiger partial charge in [0.25, 0.3) is 0 Å². The Morgan fingerprint density at radius 1 is 1.36 bits per heavy atom. The normalized spacial score (nSPS) is 27.1. The number of hydrogen-bond acceptors (Lipinski definition) is 4. The first-order valence-electron chi connectivity index (χ1n) is 6.83. The van der Waals surface area contributed by atoms with Crippen molar-refractivity contribution in [3.05, 3.63) is 35.4 Å². The van der Waals surface area contributed by atoms with Gasteiger partial charge in [0.15, 0.2) is 0 Å².